The predicted molar refractivity (Wildman–Crippen MR) is 51.8 cm³/mol. The number of aromatic nitrogens is 2. The Morgan fingerprint density at radius 3 is 3.00 bits per heavy atom. The van der Waals surface area contributed by atoms with E-state index in [1.807, 2.05) is 0 Å². The molecule has 4 nitrogen and oxygen atoms in total. The molecule has 0 aliphatic carbocycles. The quantitative estimate of drug-likeness (QED) is 0.729. The number of alkyl halides is 1. The lowest BCUT2D eigenvalue weighted by Gasteiger charge is -2.15. The molecule has 0 radical (unpaired) electrons. The van der Waals surface area contributed by atoms with Gasteiger partial charge in [0, 0.05) is 12.5 Å². The van der Waals surface area contributed by atoms with Crippen molar-refractivity contribution in [1.29, 1.82) is 0 Å². The number of rotatable bonds is 2. The molecule has 2 heterocycles. The average Bonchev–Trinajstić information content (AvgIpc) is 2.65. The van der Waals surface area contributed by atoms with Crippen LogP contribution in [0.3, 0.4) is 0 Å². The summed E-state index contributed by atoms with van der Waals surface area (Å²) in [4.78, 5) is 7.79. The van der Waals surface area contributed by atoms with E-state index >= 15 is 0 Å². The summed E-state index contributed by atoms with van der Waals surface area (Å²) in [5, 5.41) is 0.167. The van der Waals surface area contributed by atoms with Crippen LogP contribution in [0.2, 0.25) is 5.15 Å². The molecule has 0 bridgehead atoms. The molecular formula is C9H10ClFN2O2. The maximum atomic E-state index is 14.2. The van der Waals surface area contributed by atoms with E-state index in [1.54, 1.807) is 0 Å². The fourth-order valence-electron chi connectivity index (χ4n) is 1.42. The Balaban J connectivity index is 2.38. The van der Waals surface area contributed by atoms with Gasteiger partial charge in [-0.25, -0.2) is 9.37 Å². The molecule has 1 aromatic rings. The van der Waals surface area contributed by atoms with Gasteiger partial charge in [0.2, 0.25) is 5.88 Å². The summed E-state index contributed by atoms with van der Waals surface area (Å²) in [6.07, 6.45) is 0.247. The Morgan fingerprint density at radius 1 is 1.60 bits per heavy atom. The van der Waals surface area contributed by atoms with Gasteiger partial charge in [0.15, 0.2) is 11.5 Å². The van der Waals surface area contributed by atoms with Gasteiger partial charge in [-0.15, -0.1) is 0 Å². The normalized spacial score (nSPS) is 25.5. The molecule has 6 heteroatoms. The summed E-state index contributed by atoms with van der Waals surface area (Å²) in [6.45, 7) is 0.338. The van der Waals surface area contributed by atoms with Crippen molar-refractivity contribution in [2.24, 2.45) is 0 Å². The first kappa shape index (κ1) is 10.6. The molecule has 0 N–H and O–H groups in total. The topological polar surface area (TPSA) is 44.2 Å². The summed E-state index contributed by atoms with van der Waals surface area (Å²) in [5.74, 6) is 0.290. The molecule has 1 fully saturated rings. The highest BCUT2D eigenvalue weighted by Crippen LogP contribution is 2.33. The molecule has 0 saturated carbocycles. The molecule has 15 heavy (non-hydrogen) atoms. The Bertz CT molecular complexity index is 369. The van der Waals surface area contributed by atoms with Crippen LogP contribution in [0.1, 0.15) is 12.2 Å². The third-order valence-corrected chi connectivity index (χ3v) is 2.45. The van der Waals surface area contributed by atoms with Gasteiger partial charge in [0.1, 0.15) is 5.15 Å². The summed E-state index contributed by atoms with van der Waals surface area (Å²) in [7, 11) is 1.44. The van der Waals surface area contributed by atoms with E-state index in [0.717, 1.165) is 0 Å². The largest absolute Gasteiger partial charge is 0.481 e. The van der Waals surface area contributed by atoms with E-state index in [1.165, 1.54) is 13.2 Å². The zero-order valence-corrected chi connectivity index (χ0v) is 8.92. The number of nitrogens with zero attached hydrogens (tertiary/aromatic N) is 2. The van der Waals surface area contributed by atoms with E-state index in [9.17, 15) is 4.39 Å². The minimum atomic E-state index is -1.64. The molecule has 2 rings (SSSR count). The molecule has 0 amide bonds. The van der Waals surface area contributed by atoms with Crippen LogP contribution in [-0.2, 0) is 10.4 Å². The van der Waals surface area contributed by atoms with Gasteiger partial charge in [-0.2, -0.15) is 4.98 Å². The first-order chi connectivity index (χ1) is 7.14. The van der Waals surface area contributed by atoms with Crippen LogP contribution in [-0.4, -0.2) is 30.3 Å². The fraction of sp³-hybridized carbons (Fsp3) is 0.556. The zero-order chi connectivity index (χ0) is 10.9. The fourth-order valence-corrected chi connectivity index (χ4v) is 1.59. The predicted octanol–water partition coefficient (Wildman–Crippen LogP) is 1.72. The van der Waals surface area contributed by atoms with Crippen molar-refractivity contribution in [2.75, 3.05) is 20.3 Å². The number of methoxy groups -OCH3 is 1. The molecule has 0 spiro atoms. The Labute approximate surface area is 91.4 Å². The number of hydrogen-bond acceptors (Lipinski definition) is 4. The molecule has 1 unspecified atom stereocenters. The highest BCUT2D eigenvalue weighted by atomic mass is 35.5. The minimum Gasteiger partial charge on any atom is -0.481 e. The van der Waals surface area contributed by atoms with E-state index in [-0.39, 0.29) is 29.9 Å². The molecule has 1 aromatic heterocycles. The van der Waals surface area contributed by atoms with E-state index in [2.05, 4.69) is 9.97 Å². The molecule has 1 aliphatic heterocycles. The van der Waals surface area contributed by atoms with Crippen LogP contribution in [0.5, 0.6) is 5.88 Å². The second kappa shape index (κ2) is 3.90. The van der Waals surface area contributed by atoms with Gasteiger partial charge in [-0.1, -0.05) is 11.6 Å². The number of ether oxygens (including phenoxy) is 2. The standard InChI is InChI=1S/C9H10ClFN2O2/c1-14-7-4-6(10)12-8(13-7)9(11)2-3-15-5-9/h4H,2-3,5H2,1H3. The van der Waals surface area contributed by atoms with Crippen molar-refractivity contribution in [3.63, 3.8) is 0 Å². The maximum Gasteiger partial charge on any atom is 0.217 e. The van der Waals surface area contributed by atoms with Crippen LogP contribution < -0.4 is 4.74 Å². The first-order valence-electron chi connectivity index (χ1n) is 4.50. The van der Waals surface area contributed by atoms with E-state index in [4.69, 9.17) is 21.1 Å². The maximum absolute atomic E-state index is 14.2. The first-order valence-corrected chi connectivity index (χ1v) is 4.87. The minimum absolute atomic E-state index is 0.0313. The Hall–Kier alpha value is -0.940. The van der Waals surface area contributed by atoms with Gasteiger partial charge in [0.25, 0.3) is 0 Å². The van der Waals surface area contributed by atoms with Crippen LogP contribution in [0.25, 0.3) is 0 Å². The van der Waals surface area contributed by atoms with Crippen LogP contribution in [0.15, 0.2) is 6.07 Å². The van der Waals surface area contributed by atoms with Crippen LogP contribution >= 0.6 is 11.6 Å². The molecule has 1 saturated heterocycles. The molecule has 1 atom stereocenters. The SMILES string of the molecule is COc1cc(Cl)nc(C2(F)CCOC2)n1. The monoisotopic (exact) mass is 232 g/mol. The highest BCUT2D eigenvalue weighted by Gasteiger charge is 2.40. The van der Waals surface area contributed by atoms with Gasteiger partial charge in [0.05, 0.1) is 20.3 Å². The summed E-state index contributed by atoms with van der Waals surface area (Å²) in [6, 6.07) is 1.43. The average molecular weight is 233 g/mol. The molecule has 82 valence electrons. The lowest BCUT2D eigenvalue weighted by Crippen LogP contribution is -2.23. The number of halogens is 2. The van der Waals surface area contributed by atoms with Gasteiger partial charge in [-0.05, 0) is 0 Å². The van der Waals surface area contributed by atoms with Crippen LogP contribution in [0.4, 0.5) is 4.39 Å². The summed E-state index contributed by atoms with van der Waals surface area (Å²) >= 11 is 5.73. The Morgan fingerprint density at radius 2 is 2.40 bits per heavy atom. The van der Waals surface area contributed by atoms with E-state index < -0.39 is 5.67 Å². The van der Waals surface area contributed by atoms with Gasteiger partial charge < -0.3 is 9.47 Å². The molecule has 0 aromatic carbocycles. The van der Waals surface area contributed by atoms with Crippen molar-refractivity contribution in [2.45, 2.75) is 12.1 Å². The van der Waals surface area contributed by atoms with Crippen molar-refractivity contribution in [3.8, 4) is 5.88 Å². The lowest BCUT2D eigenvalue weighted by atomic mass is 10.1. The second-order valence-corrected chi connectivity index (χ2v) is 3.71. The number of hydrogen-bond donors (Lipinski definition) is 0. The van der Waals surface area contributed by atoms with Gasteiger partial charge in [-0.3, -0.25) is 0 Å². The van der Waals surface area contributed by atoms with Crippen molar-refractivity contribution < 1.29 is 13.9 Å². The summed E-state index contributed by atoms with van der Waals surface area (Å²) < 4.78 is 24.1. The van der Waals surface area contributed by atoms with Crippen molar-refractivity contribution in [1.82, 2.24) is 9.97 Å². The third-order valence-electron chi connectivity index (χ3n) is 2.25. The highest BCUT2D eigenvalue weighted by molar-refractivity contribution is 6.29. The van der Waals surface area contributed by atoms with Crippen LogP contribution in [0, 0.1) is 0 Å². The zero-order valence-electron chi connectivity index (χ0n) is 8.17. The molecular weight excluding hydrogens is 223 g/mol. The molecule has 1 aliphatic rings. The van der Waals surface area contributed by atoms with E-state index in [0.29, 0.717) is 6.61 Å². The second-order valence-electron chi connectivity index (χ2n) is 3.32. The van der Waals surface area contributed by atoms with Crippen molar-refractivity contribution >= 4 is 11.6 Å². The smallest absolute Gasteiger partial charge is 0.217 e. The van der Waals surface area contributed by atoms with Crippen molar-refractivity contribution in [3.05, 3.63) is 17.0 Å². The third kappa shape index (κ3) is 2.03. The lowest BCUT2D eigenvalue weighted by molar-refractivity contribution is 0.104. The van der Waals surface area contributed by atoms with Gasteiger partial charge >= 0.3 is 0 Å². The Kier molecular flexibility index (Phi) is 2.75. The summed E-state index contributed by atoms with van der Waals surface area (Å²) in [5.41, 5.74) is -1.64.